The van der Waals surface area contributed by atoms with Crippen LogP contribution < -0.4 is 16.4 Å². The Balaban J connectivity index is 2.68. The number of rotatable bonds is 6. The number of hydrogen-bond donors (Lipinski definition) is 3. The maximum atomic E-state index is 12.1. The van der Waals surface area contributed by atoms with Gasteiger partial charge < -0.3 is 16.4 Å². The standard InChI is InChI=1S/C12H21N5O2/c1-4-6-14-11(18)8(3)16-12(19)10-9(13)7-15-17(10)5-2/h7-8H,4-6,13H2,1-3H3,(H,14,18)(H,16,19). The summed E-state index contributed by atoms with van der Waals surface area (Å²) in [5.74, 6) is -0.604. The lowest BCUT2D eigenvalue weighted by Gasteiger charge is -2.14. The molecule has 0 bridgehead atoms. The molecule has 19 heavy (non-hydrogen) atoms. The summed E-state index contributed by atoms with van der Waals surface area (Å²) in [4.78, 5) is 23.7. The third-order valence-electron chi connectivity index (χ3n) is 2.67. The Morgan fingerprint density at radius 1 is 1.47 bits per heavy atom. The normalized spacial score (nSPS) is 11.9. The lowest BCUT2D eigenvalue weighted by atomic mass is 10.2. The first-order chi connectivity index (χ1) is 9.01. The maximum Gasteiger partial charge on any atom is 0.272 e. The number of carbonyl (C=O) groups is 2. The van der Waals surface area contributed by atoms with Crippen LogP contribution in [0.1, 0.15) is 37.7 Å². The highest BCUT2D eigenvalue weighted by atomic mass is 16.2. The van der Waals surface area contributed by atoms with Crippen LogP contribution in [0, 0.1) is 0 Å². The van der Waals surface area contributed by atoms with E-state index in [9.17, 15) is 9.59 Å². The molecule has 1 heterocycles. The van der Waals surface area contributed by atoms with Crippen LogP contribution in [0.5, 0.6) is 0 Å². The zero-order valence-corrected chi connectivity index (χ0v) is 11.6. The molecule has 1 aromatic heterocycles. The van der Waals surface area contributed by atoms with E-state index in [0.717, 1.165) is 6.42 Å². The van der Waals surface area contributed by atoms with Crippen molar-refractivity contribution in [3.63, 3.8) is 0 Å². The number of aromatic nitrogens is 2. The fraction of sp³-hybridized carbons (Fsp3) is 0.583. The molecule has 0 saturated carbocycles. The molecule has 1 rings (SSSR count). The third-order valence-corrected chi connectivity index (χ3v) is 2.67. The largest absolute Gasteiger partial charge is 0.396 e. The minimum atomic E-state index is -0.612. The number of amides is 2. The van der Waals surface area contributed by atoms with Crippen LogP contribution in [0.3, 0.4) is 0 Å². The highest BCUT2D eigenvalue weighted by Crippen LogP contribution is 2.10. The van der Waals surface area contributed by atoms with Crippen molar-refractivity contribution in [2.75, 3.05) is 12.3 Å². The number of nitrogens with one attached hydrogen (secondary N) is 2. The summed E-state index contributed by atoms with van der Waals surface area (Å²) in [6.07, 6.45) is 2.28. The maximum absolute atomic E-state index is 12.1. The Morgan fingerprint density at radius 3 is 2.74 bits per heavy atom. The summed E-state index contributed by atoms with van der Waals surface area (Å²) in [5.41, 5.74) is 6.30. The predicted molar refractivity (Wildman–Crippen MR) is 72.5 cm³/mol. The van der Waals surface area contributed by atoms with Crippen LogP contribution in [0.15, 0.2) is 6.20 Å². The Bertz CT molecular complexity index is 455. The van der Waals surface area contributed by atoms with Gasteiger partial charge in [-0.15, -0.1) is 0 Å². The van der Waals surface area contributed by atoms with Crippen LogP contribution in [0.2, 0.25) is 0 Å². The molecule has 1 unspecified atom stereocenters. The molecular weight excluding hydrogens is 246 g/mol. The Morgan fingerprint density at radius 2 is 2.16 bits per heavy atom. The van der Waals surface area contributed by atoms with E-state index in [1.807, 2.05) is 13.8 Å². The van der Waals surface area contributed by atoms with Gasteiger partial charge in [0.05, 0.1) is 11.9 Å². The predicted octanol–water partition coefficient (Wildman–Crippen LogP) is 0.130. The Kier molecular flexibility index (Phi) is 5.35. The highest BCUT2D eigenvalue weighted by molar-refractivity contribution is 5.99. The monoisotopic (exact) mass is 267 g/mol. The van der Waals surface area contributed by atoms with Gasteiger partial charge >= 0.3 is 0 Å². The highest BCUT2D eigenvalue weighted by Gasteiger charge is 2.20. The third kappa shape index (κ3) is 3.70. The molecule has 0 saturated heterocycles. The van der Waals surface area contributed by atoms with E-state index in [0.29, 0.717) is 18.8 Å². The smallest absolute Gasteiger partial charge is 0.272 e. The molecule has 0 spiro atoms. The van der Waals surface area contributed by atoms with Gasteiger partial charge in [-0.1, -0.05) is 6.92 Å². The van der Waals surface area contributed by atoms with E-state index in [-0.39, 0.29) is 11.6 Å². The lowest BCUT2D eigenvalue weighted by Crippen LogP contribution is -2.45. The number of nitrogen functional groups attached to an aromatic ring is 1. The number of nitrogens with zero attached hydrogens (tertiary/aromatic N) is 2. The van der Waals surface area contributed by atoms with Gasteiger partial charge in [-0.3, -0.25) is 14.3 Å². The zero-order valence-electron chi connectivity index (χ0n) is 11.6. The lowest BCUT2D eigenvalue weighted by molar-refractivity contribution is -0.122. The Hall–Kier alpha value is -2.05. The second-order valence-corrected chi connectivity index (χ2v) is 4.25. The van der Waals surface area contributed by atoms with Gasteiger partial charge in [0.2, 0.25) is 5.91 Å². The minimum absolute atomic E-state index is 0.212. The summed E-state index contributed by atoms with van der Waals surface area (Å²) in [5, 5.41) is 9.32. The first-order valence-electron chi connectivity index (χ1n) is 6.41. The van der Waals surface area contributed by atoms with Crippen LogP contribution in [0.25, 0.3) is 0 Å². The van der Waals surface area contributed by atoms with Crippen molar-refractivity contribution in [2.24, 2.45) is 0 Å². The molecule has 0 aliphatic rings. The van der Waals surface area contributed by atoms with E-state index in [4.69, 9.17) is 5.73 Å². The van der Waals surface area contributed by atoms with Crippen molar-refractivity contribution >= 4 is 17.5 Å². The topological polar surface area (TPSA) is 102 Å². The van der Waals surface area contributed by atoms with Crippen molar-refractivity contribution in [1.82, 2.24) is 20.4 Å². The molecule has 106 valence electrons. The summed E-state index contributed by atoms with van der Waals surface area (Å²) in [6.45, 7) is 6.58. The number of hydrogen-bond acceptors (Lipinski definition) is 4. The number of aryl methyl sites for hydroxylation is 1. The molecular formula is C12H21N5O2. The van der Waals surface area contributed by atoms with Crippen molar-refractivity contribution < 1.29 is 9.59 Å². The van der Waals surface area contributed by atoms with Crippen LogP contribution in [0.4, 0.5) is 5.69 Å². The molecule has 4 N–H and O–H groups in total. The van der Waals surface area contributed by atoms with E-state index in [2.05, 4.69) is 15.7 Å². The van der Waals surface area contributed by atoms with Crippen LogP contribution in [-0.2, 0) is 11.3 Å². The van der Waals surface area contributed by atoms with Gasteiger partial charge in [0.15, 0.2) is 0 Å². The van der Waals surface area contributed by atoms with Gasteiger partial charge in [-0.05, 0) is 20.3 Å². The van der Waals surface area contributed by atoms with E-state index in [1.54, 1.807) is 6.92 Å². The fourth-order valence-corrected chi connectivity index (χ4v) is 1.62. The van der Waals surface area contributed by atoms with E-state index < -0.39 is 11.9 Å². The molecule has 0 aliphatic carbocycles. The SMILES string of the molecule is CCCNC(=O)C(C)NC(=O)c1c(N)cnn1CC. The fourth-order valence-electron chi connectivity index (χ4n) is 1.62. The second-order valence-electron chi connectivity index (χ2n) is 4.25. The van der Waals surface area contributed by atoms with Crippen molar-refractivity contribution in [2.45, 2.75) is 39.8 Å². The van der Waals surface area contributed by atoms with Gasteiger partial charge in [0, 0.05) is 13.1 Å². The zero-order chi connectivity index (χ0) is 14.4. The van der Waals surface area contributed by atoms with E-state index >= 15 is 0 Å². The molecule has 0 aromatic carbocycles. The number of anilines is 1. The molecule has 2 amide bonds. The molecule has 0 fully saturated rings. The van der Waals surface area contributed by atoms with Crippen molar-refractivity contribution in [1.29, 1.82) is 0 Å². The second kappa shape index (κ2) is 6.77. The first-order valence-corrected chi connectivity index (χ1v) is 6.41. The minimum Gasteiger partial charge on any atom is -0.396 e. The van der Waals surface area contributed by atoms with Gasteiger partial charge in [0.1, 0.15) is 11.7 Å². The molecule has 1 atom stereocenters. The molecule has 7 heteroatoms. The number of nitrogens with two attached hydrogens (primary N) is 1. The van der Waals surface area contributed by atoms with Gasteiger partial charge in [0.25, 0.3) is 5.91 Å². The quantitative estimate of drug-likeness (QED) is 0.681. The van der Waals surface area contributed by atoms with Gasteiger partial charge in [-0.2, -0.15) is 5.10 Å². The summed E-state index contributed by atoms with van der Waals surface area (Å²) < 4.78 is 1.50. The van der Waals surface area contributed by atoms with Gasteiger partial charge in [-0.25, -0.2) is 0 Å². The molecule has 0 aliphatic heterocycles. The van der Waals surface area contributed by atoms with E-state index in [1.165, 1.54) is 10.9 Å². The number of carbonyl (C=O) groups excluding carboxylic acids is 2. The Labute approximate surface area is 112 Å². The summed E-state index contributed by atoms with van der Waals surface area (Å²) >= 11 is 0. The average molecular weight is 267 g/mol. The first kappa shape index (κ1) is 15.0. The van der Waals surface area contributed by atoms with Crippen LogP contribution >= 0.6 is 0 Å². The summed E-state index contributed by atoms with van der Waals surface area (Å²) in [7, 11) is 0. The van der Waals surface area contributed by atoms with Crippen molar-refractivity contribution in [3.05, 3.63) is 11.9 Å². The average Bonchev–Trinajstić information content (AvgIpc) is 2.76. The van der Waals surface area contributed by atoms with Crippen LogP contribution in [-0.4, -0.2) is 34.2 Å². The molecule has 7 nitrogen and oxygen atoms in total. The van der Waals surface area contributed by atoms with Crippen molar-refractivity contribution in [3.8, 4) is 0 Å². The molecule has 1 aromatic rings. The molecule has 0 radical (unpaired) electrons. The summed E-state index contributed by atoms with van der Waals surface area (Å²) in [6, 6.07) is -0.612.